The van der Waals surface area contributed by atoms with Crippen molar-refractivity contribution >= 4 is 11.6 Å². The number of aliphatic hydroxyl groups is 1. The van der Waals surface area contributed by atoms with Gasteiger partial charge in [-0.05, 0) is 13.3 Å². The molecule has 2 rings (SSSR count). The van der Waals surface area contributed by atoms with Crippen molar-refractivity contribution in [3.63, 3.8) is 0 Å². The van der Waals surface area contributed by atoms with Crippen molar-refractivity contribution < 1.29 is 14.7 Å². The molecule has 1 aromatic carbocycles. The maximum absolute atomic E-state index is 12.2. The van der Waals surface area contributed by atoms with E-state index in [4.69, 9.17) is 0 Å². The van der Waals surface area contributed by atoms with Crippen molar-refractivity contribution in [2.24, 2.45) is 0 Å². The summed E-state index contributed by atoms with van der Waals surface area (Å²) in [5.74, 6) is -0.394. The van der Waals surface area contributed by atoms with Gasteiger partial charge < -0.3 is 5.11 Å². The Labute approximate surface area is 99.8 Å². The fourth-order valence-corrected chi connectivity index (χ4v) is 2.12. The zero-order chi connectivity index (χ0) is 12.6. The van der Waals surface area contributed by atoms with Gasteiger partial charge in [-0.2, -0.15) is 0 Å². The molecule has 1 atom stereocenters. The highest BCUT2D eigenvalue weighted by atomic mass is 16.3. The molecule has 1 N–H and O–H groups in total. The van der Waals surface area contributed by atoms with E-state index in [1.165, 1.54) is 0 Å². The van der Waals surface area contributed by atoms with Crippen LogP contribution in [0.25, 0.3) is 0 Å². The lowest BCUT2D eigenvalue weighted by atomic mass is 9.82. The average molecular weight is 230 g/mol. The highest BCUT2D eigenvalue weighted by Gasteiger charge is 2.32. The summed E-state index contributed by atoms with van der Waals surface area (Å²) in [6.45, 7) is 3.38. The second-order valence-electron chi connectivity index (χ2n) is 4.17. The van der Waals surface area contributed by atoms with Crippen LogP contribution in [0.3, 0.4) is 0 Å². The molecule has 0 spiro atoms. The van der Waals surface area contributed by atoms with Crippen LogP contribution in [-0.4, -0.2) is 22.8 Å². The third-order valence-corrected chi connectivity index (χ3v) is 3.13. The standard InChI is InChI=1S/C14H14O3/c1-3-11(15)12-8(2)13(16)9-6-4-5-7-10(9)14(12)17/h4-7,11,15H,3H2,1-2H3. The van der Waals surface area contributed by atoms with Gasteiger partial charge in [0.2, 0.25) is 0 Å². The predicted octanol–water partition coefficient (Wildman–Crippen LogP) is 2.15. The van der Waals surface area contributed by atoms with Crippen LogP contribution in [0, 0.1) is 0 Å². The Hall–Kier alpha value is -1.74. The molecule has 1 unspecified atom stereocenters. The molecule has 3 heteroatoms. The number of aliphatic hydroxyl groups excluding tert-OH is 1. The van der Waals surface area contributed by atoms with Crippen molar-refractivity contribution in [3.05, 3.63) is 46.5 Å². The van der Waals surface area contributed by atoms with E-state index in [0.717, 1.165) is 0 Å². The Balaban J connectivity index is 2.62. The Kier molecular flexibility index (Phi) is 2.94. The lowest BCUT2D eigenvalue weighted by Crippen LogP contribution is -2.27. The number of hydrogen-bond donors (Lipinski definition) is 1. The first kappa shape index (κ1) is 11.7. The molecule has 0 saturated carbocycles. The van der Waals surface area contributed by atoms with E-state index >= 15 is 0 Å². The lowest BCUT2D eigenvalue weighted by molar-refractivity contribution is 0.0935. The molecule has 0 aliphatic heterocycles. The van der Waals surface area contributed by atoms with Gasteiger partial charge in [-0.15, -0.1) is 0 Å². The number of allylic oxidation sites excluding steroid dienone is 1. The lowest BCUT2D eigenvalue weighted by Gasteiger charge is -2.21. The maximum atomic E-state index is 12.2. The molecule has 1 aliphatic rings. The van der Waals surface area contributed by atoms with Crippen molar-refractivity contribution in [1.29, 1.82) is 0 Å². The van der Waals surface area contributed by atoms with Crippen LogP contribution in [0.15, 0.2) is 35.4 Å². The molecule has 0 bridgehead atoms. The van der Waals surface area contributed by atoms with E-state index in [1.54, 1.807) is 38.1 Å². The van der Waals surface area contributed by atoms with Crippen LogP contribution in [0.4, 0.5) is 0 Å². The largest absolute Gasteiger partial charge is 0.388 e. The van der Waals surface area contributed by atoms with Crippen LogP contribution in [-0.2, 0) is 0 Å². The minimum Gasteiger partial charge on any atom is -0.388 e. The van der Waals surface area contributed by atoms with Crippen molar-refractivity contribution in [1.82, 2.24) is 0 Å². The fourth-order valence-electron chi connectivity index (χ4n) is 2.12. The number of carbonyl (C=O) groups excluding carboxylic acids is 2. The first-order chi connectivity index (χ1) is 8.07. The molecule has 0 fully saturated rings. The first-order valence-corrected chi connectivity index (χ1v) is 5.65. The normalized spacial score (nSPS) is 17.1. The van der Waals surface area contributed by atoms with E-state index in [-0.39, 0.29) is 17.1 Å². The topological polar surface area (TPSA) is 54.4 Å². The zero-order valence-electron chi connectivity index (χ0n) is 9.86. The van der Waals surface area contributed by atoms with Gasteiger partial charge in [0.25, 0.3) is 0 Å². The minimum absolute atomic E-state index is 0.164. The van der Waals surface area contributed by atoms with E-state index < -0.39 is 6.10 Å². The molecular weight excluding hydrogens is 216 g/mol. The monoisotopic (exact) mass is 230 g/mol. The number of carbonyl (C=O) groups is 2. The SMILES string of the molecule is CCC(O)C1=C(C)C(=O)c2ccccc2C1=O. The minimum atomic E-state index is -0.861. The molecule has 0 saturated heterocycles. The third kappa shape index (κ3) is 1.72. The predicted molar refractivity (Wildman–Crippen MR) is 64.1 cm³/mol. The van der Waals surface area contributed by atoms with E-state index in [0.29, 0.717) is 23.1 Å². The molecular formula is C14H14O3. The second kappa shape index (κ2) is 4.26. The van der Waals surface area contributed by atoms with Gasteiger partial charge in [0.15, 0.2) is 11.6 Å². The molecule has 0 aromatic heterocycles. The Morgan fingerprint density at radius 3 is 2.18 bits per heavy atom. The van der Waals surface area contributed by atoms with Crippen LogP contribution in [0.5, 0.6) is 0 Å². The molecule has 1 aromatic rings. The fraction of sp³-hybridized carbons (Fsp3) is 0.286. The molecule has 0 radical (unpaired) electrons. The smallest absolute Gasteiger partial charge is 0.192 e. The second-order valence-corrected chi connectivity index (χ2v) is 4.17. The van der Waals surface area contributed by atoms with E-state index in [1.807, 2.05) is 0 Å². The van der Waals surface area contributed by atoms with Gasteiger partial charge in [0.05, 0.1) is 6.10 Å². The highest BCUT2D eigenvalue weighted by Crippen LogP contribution is 2.28. The molecule has 0 heterocycles. The Morgan fingerprint density at radius 1 is 1.12 bits per heavy atom. The zero-order valence-corrected chi connectivity index (χ0v) is 9.86. The third-order valence-electron chi connectivity index (χ3n) is 3.13. The highest BCUT2D eigenvalue weighted by molar-refractivity contribution is 6.27. The van der Waals surface area contributed by atoms with Crippen molar-refractivity contribution in [3.8, 4) is 0 Å². The number of Topliss-reactive ketones (excluding diaryl/α,β-unsaturated/α-hetero) is 2. The number of ketones is 2. The Bertz CT molecular complexity index is 526. The van der Waals surface area contributed by atoms with Crippen LogP contribution in [0.1, 0.15) is 41.0 Å². The van der Waals surface area contributed by atoms with Gasteiger partial charge in [-0.25, -0.2) is 0 Å². The summed E-state index contributed by atoms with van der Waals surface area (Å²) in [6.07, 6.45) is -0.437. The summed E-state index contributed by atoms with van der Waals surface area (Å²) in [6, 6.07) is 6.73. The molecule has 0 amide bonds. The number of benzene rings is 1. The van der Waals surface area contributed by atoms with Crippen LogP contribution >= 0.6 is 0 Å². The summed E-state index contributed by atoms with van der Waals surface area (Å²) in [5, 5.41) is 9.84. The van der Waals surface area contributed by atoms with Crippen LogP contribution in [0.2, 0.25) is 0 Å². The van der Waals surface area contributed by atoms with Gasteiger partial charge in [-0.1, -0.05) is 31.2 Å². The summed E-state index contributed by atoms with van der Waals surface area (Å²) in [7, 11) is 0. The molecule has 1 aliphatic carbocycles. The van der Waals surface area contributed by atoms with Crippen molar-refractivity contribution in [2.75, 3.05) is 0 Å². The Morgan fingerprint density at radius 2 is 1.65 bits per heavy atom. The summed E-state index contributed by atoms with van der Waals surface area (Å²) in [4.78, 5) is 24.3. The summed E-state index contributed by atoms with van der Waals surface area (Å²) >= 11 is 0. The number of fused-ring (bicyclic) bond motifs is 1. The van der Waals surface area contributed by atoms with E-state index in [9.17, 15) is 14.7 Å². The maximum Gasteiger partial charge on any atom is 0.192 e. The van der Waals surface area contributed by atoms with Gasteiger partial charge >= 0.3 is 0 Å². The van der Waals surface area contributed by atoms with E-state index in [2.05, 4.69) is 0 Å². The van der Waals surface area contributed by atoms with Crippen molar-refractivity contribution in [2.45, 2.75) is 26.4 Å². The summed E-state index contributed by atoms with van der Waals surface area (Å²) in [5.41, 5.74) is 1.44. The van der Waals surface area contributed by atoms with Gasteiger partial charge in [0.1, 0.15) is 0 Å². The average Bonchev–Trinajstić information content (AvgIpc) is 2.36. The number of hydrogen-bond acceptors (Lipinski definition) is 3. The molecule has 88 valence electrons. The quantitative estimate of drug-likeness (QED) is 0.847. The van der Waals surface area contributed by atoms with Gasteiger partial charge in [-0.3, -0.25) is 9.59 Å². The summed E-state index contributed by atoms with van der Waals surface area (Å²) < 4.78 is 0. The van der Waals surface area contributed by atoms with Gasteiger partial charge in [0, 0.05) is 22.3 Å². The molecule has 3 nitrogen and oxygen atoms in total. The number of rotatable bonds is 2. The van der Waals surface area contributed by atoms with Crippen LogP contribution < -0.4 is 0 Å². The molecule has 17 heavy (non-hydrogen) atoms. The first-order valence-electron chi connectivity index (χ1n) is 5.65.